The van der Waals surface area contributed by atoms with Crippen molar-refractivity contribution >= 4 is 11.6 Å². The molecule has 0 aromatic heterocycles. The highest BCUT2D eigenvalue weighted by Crippen LogP contribution is 2.47. The number of nitrogens with one attached hydrogen (secondary N) is 1. The van der Waals surface area contributed by atoms with Gasteiger partial charge in [0.05, 0.1) is 11.1 Å². The summed E-state index contributed by atoms with van der Waals surface area (Å²) in [6, 6.07) is 7.87. The van der Waals surface area contributed by atoms with Gasteiger partial charge in [-0.1, -0.05) is 0 Å². The van der Waals surface area contributed by atoms with E-state index in [9.17, 15) is 31.1 Å². The molecule has 1 aliphatic heterocycles. The van der Waals surface area contributed by atoms with Crippen LogP contribution in [0.4, 0.5) is 32.0 Å². The molecule has 0 spiro atoms. The predicted octanol–water partition coefficient (Wildman–Crippen LogP) is 5.75. The van der Waals surface area contributed by atoms with Crippen molar-refractivity contribution < 1.29 is 31.1 Å². The van der Waals surface area contributed by atoms with Crippen LogP contribution < -0.4 is 11.1 Å². The van der Waals surface area contributed by atoms with Crippen LogP contribution >= 0.6 is 0 Å². The molecule has 2 aromatic carbocycles. The van der Waals surface area contributed by atoms with Crippen LogP contribution in [0.25, 0.3) is 0 Å². The van der Waals surface area contributed by atoms with E-state index < -0.39 is 29.4 Å². The topological polar surface area (TPSA) is 58.4 Å². The number of anilines is 1. The van der Waals surface area contributed by atoms with Crippen molar-refractivity contribution in [1.82, 2.24) is 4.90 Å². The van der Waals surface area contributed by atoms with Gasteiger partial charge in [0.2, 0.25) is 0 Å². The highest BCUT2D eigenvalue weighted by Gasteiger charge is 2.39. The maximum atomic E-state index is 13.3. The largest absolute Gasteiger partial charge is 0.416 e. The zero-order valence-electron chi connectivity index (χ0n) is 18.9. The number of nitrogens with two attached hydrogens (primary N) is 1. The highest BCUT2D eigenvalue weighted by molar-refractivity contribution is 5.94. The zero-order valence-corrected chi connectivity index (χ0v) is 18.9. The Balaban J connectivity index is 1.51. The first-order valence-electron chi connectivity index (χ1n) is 11.6. The molecule has 10 heteroatoms. The van der Waals surface area contributed by atoms with Gasteiger partial charge in [-0.05, 0) is 85.0 Å². The van der Waals surface area contributed by atoms with Gasteiger partial charge in [0, 0.05) is 37.4 Å². The van der Waals surface area contributed by atoms with Crippen molar-refractivity contribution in [1.29, 1.82) is 0 Å². The molecule has 2 aliphatic rings. The molecule has 3 N–H and O–H groups in total. The van der Waals surface area contributed by atoms with Crippen LogP contribution in [0, 0.1) is 11.8 Å². The average molecular weight is 499 g/mol. The first kappa shape index (κ1) is 25.3. The van der Waals surface area contributed by atoms with Crippen LogP contribution in [0.2, 0.25) is 0 Å². The first-order chi connectivity index (χ1) is 16.5. The second-order valence-electron chi connectivity index (χ2n) is 9.34. The number of halogens is 6. The van der Waals surface area contributed by atoms with Crippen molar-refractivity contribution in [2.45, 2.75) is 37.5 Å². The number of hydrogen-bond donors (Lipinski definition) is 2. The quantitative estimate of drug-likeness (QED) is 0.515. The number of hydrogen-bond acceptors (Lipinski definition) is 3. The average Bonchev–Trinajstić information content (AvgIpc) is 2.82. The lowest BCUT2D eigenvalue weighted by atomic mass is 9.69. The monoisotopic (exact) mass is 499 g/mol. The van der Waals surface area contributed by atoms with E-state index in [0.29, 0.717) is 30.8 Å². The van der Waals surface area contributed by atoms with Gasteiger partial charge in [-0.25, -0.2) is 0 Å². The van der Waals surface area contributed by atoms with Crippen LogP contribution in [-0.4, -0.2) is 37.0 Å². The molecule has 0 saturated heterocycles. The van der Waals surface area contributed by atoms with Gasteiger partial charge in [-0.15, -0.1) is 0 Å². The maximum absolute atomic E-state index is 13.3. The molecule has 3 atom stereocenters. The summed E-state index contributed by atoms with van der Waals surface area (Å²) in [5.74, 6) is -0.220. The predicted molar refractivity (Wildman–Crippen MR) is 120 cm³/mol. The number of rotatable bonds is 5. The SMILES string of the molecule is NCCN(CC1CCC2CNc3ccc(C(F)(F)F)cc3C2C1)C(=O)c1ccc(C(F)(F)F)cc1. The van der Waals surface area contributed by atoms with Crippen LogP contribution in [-0.2, 0) is 12.4 Å². The Bertz CT molecular complexity index is 1050. The van der Waals surface area contributed by atoms with Crippen molar-refractivity contribution in [3.8, 4) is 0 Å². The van der Waals surface area contributed by atoms with Gasteiger partial charge in [-0.3, -0.25) is 4.79 Å². The van der Waals surface area contributed by atoms with Gasteiger partial charge in [0.25, 0.3) is 5.91 Å². The maximum Gasteiger partial charge on any atom is 0.416 e. The fraction of sp³-hybridized carbons (Fsp3) is 0.480. The summed E-state index contributed by atoms with van der Waals surface area (Å²) in [5.41, 5.74) is 5.69. The molecule has 0 radical (unpaired) electrons. The number of amides is 1. The minimum atomic E-state index is -4.49. The van der Waals surface area contributed by atoms with Gasteiger partial charge in [0.1, 0.15) is 0 Å². The van der Waals surface area contributed by atoms with E-state index in [1.807, 2.05) is 0 Å². The molecule has 1 fully saturated rings. The lowest BCUT2D eigenvalue weighted by Gasteiger charge is -2.42. The first-order valence-corrected chi connectivity index (χ1v) is 11.6. The number of benzene rings is 2. The van der Waals surface area contributed by atoms with Gasteiger partial charge < -0.3 is 16.0 Å². The van der Waals surface area contributed by atoms with E-state index in [1.54, 1.807) is 4.90 Å². The van der Waals surface area contributed by atoms with E-state index in [1.165, 1.54) is 12.1 Å². The molecule has 1 amide bonds. The minimum Gasteiger partial charge on any atom is -0.385 e. The van der Waals surface area contributed by atoms with E-state index in [4.69, 9.17) is 5.73 Å². The molecule has 1 heterocycles. The van der Waals surface area contributed by atoms with Crippen molar-refractivity contribution in [3.63, 3.8) is 0 Å². The Kier molecular flexibility index (Phi) is 7.04. The number of nitrogens with zero attached hydrogens (tertiary/aromatic N) is 1. The highest BCUT2D eigenvalue weighted by atomic mass is 19.4. The van der Waals surface area contributed by atoms with Crippen molar-refractivity contribution in [3.05, 3.63) is 64.7 Å². The van der Waals surface area contributed by atoms with E-state index in [2.05, 4.69) is 5.32 Å². The second kappa shape index (κ2) is 9.72. The van der Waals surface area contributed by atoms with Crippen molar-refractivity contribution in [2.24, 2.45) is 17.6 Å². The standard InChI is InChI=1S/C25H27F6N3O/c26-24(27,28)18-5-3-16(4-6-18)23(35)34(10-9-32)14-15-1-2-17-13-33-22-8-7-19(25(29,30)31)12-21(22)20(17)11-15/h3-8,12,15,17,20,33H,1-2,9-11,13-14,32H2. The summed E-state index contributed by atoms with van der Waals surface area (Å²) >= 11 is 0. The third-order valence-electron chi connectivity index (χ3n) is 7.06. The number of carbonyl (C=O) groups is 1. The van der Waals surface area contributed by atoms with Crippen LogP contribution in [0.5, 0.6) is 0 Å². The third kappa shape index (κ3) is 5.58. The molecule has 1 saturated carbocycles. The van der Waals surface area contributed by atoms with Gasteiger partial charge in [0.15, 0.2) is 0 Å². The smallest absolute Gasteiger partial charge is 0.385 e. The van der Waals surface area contributed by atoms with E-state index >= 15 is 0 Å². The number of alkyl halides is 6. The molecule has 3 unspecified atom stereocenters. The number of carbonyl (C=O) groups excluding carboxylic acids is 1. The van der Waals surface area contributed by atoms with Crippen LogP contribution in [0.15, 0.2) is 42.5 Å². The normalized spacial score (nSPS) is 22.1. The lowest BCUT2D eigenvalue weighted by Crippen LogP contribution is -2.41. The van der Waals surface area contributed by atoms with Gasteiger partial charge in [-0.2, -0.15) is 26.3 Å². The molecule has 190 valence electrons. The van der Waals surface area contributed by atoms with Crippen LogP contribution in [0.1, 0.15) is 52.2 Å². The molecule has 4 nitrogen and oxygen atoms in total. The van der Waals surface area contributed by atoms with Gasteiger partial charge >= 0.3 is 12.4 Å². The summed E-state index contributed by atoms with van der Waals surface area (Å²) in [7, 11) is 0. The van der Waals surface area contributed by atoms with E-state index in [-0.39, 0.29) is 36.4 Å². The Labute approximate surface area is 199 Å². The Morgan fingerprint density at radius 2 is 1.63 bits per heavy atom. The fourth-order valence-corrected chi connectivity index (χ4v) is 5.29. The summed E-state index contributed by atoms with van der Waals surface area (Å²) in [5, 5.41) is 3.24. The molecular weight excluding hydrogens is 472 g/mol. The van der Waals surface area contributed by atoms with E-state index in [0.717, 1.165) is 43.2 Å². The molecule has 35 heavy (non-hydrogen) atoms. The molecule has 2 aromatic rings. The summed E-state index contributed by atoms with van der Waals surface area (Å²) < 4.78 is 78.5. The van der Waals surface area contributed by atoms with Crippen LogP contribution in [0.3, 0.4) is 0 Å². The summed E-state index contributed by atoms with van der Waals surface area (Å²) in [4.78, 5) is 14.6. The number of fused-ring (bicyclic) bond motifs is 3. The molecule has 1 aliphatic carbocycles. The summed E-state index contributed by atoms with van der Waals surface area (Å²) in [6.07, 6.45) is -6.68. The Morgan fingerprint density at radius 1 is 0.971 bits per heavy atom. The third-order valence-corrected chi connectivity index (χ3v) is 7.06. The lowest BCUT2D eigenvalue weighted by molar-refractivity contribution is -0.138. The molecular formula is C25H27F6N3O. The zero-order chi connectivity index (χ0) is 25.4. The fourth-order valence-electron chi connectivity index (χ4n) is 5.29. The summed E-state index contributed by atoms with van der Waals surface area (Å²) in [6.45, 7) is 1.46. The Hall–Kier alpha value is -2.75. The minimum absolute atomic E-state index is 0.0432. The van der Waals surface area contributed by atoms with Crippen molar-refractivity contribution in [2.75, 3.05) is 31.5 Å². The Morgan fingerprint density at radius 3 is 2.26 bits per heavy atom. The second-order valence-corrected chi connectivity index (χ2v) is 9.34. The molecule has 4 rings (SSSR count). The molecule has 0 bridgehead atoms.